The second kappa shape index (κ2) is 3.59. The summed E-state index contributed by atoms with van der Waals surface area (Å²) < 4.78 is 5.89. The number of rotatable bonds is 2. The molecule has 2 N–H and O–H groups in total. The molecule has 1 atom stereocenters. The molecule has 18 heavy (non-hydrogen) atoms. The topological polar surface area (TPSA) is 39.2 Å². The summed E-state index contributed by atoms with van der Waals surface area (Å²) in [6.07, 6.45) is 2.53. The molecule has 1 aliphatic carbocycles. The number of benzene rings is 2. The van der Waals surface area contributed by atoms with Gasteiger partial charge in [-0.25, -0.2) is 0 Å². The first kappa shape index (κ1) is 10.2. The second-order valence-electron chi connectivity index (χ2n) is 5.22. The SMILES string of the molecule is NC(c1ccc2c(c1)oc1ccccc12)C1CC1. The molecule has 1 saturated carbocycles. The Labute approximate surface area is 105 Å². The molecule has 1 aromatic heterocycles. The predicted molar refractivity (Wildman–Crippen MR) is 73.4 cm³/mol. The fraction of sp³-hybridized carbons (Fsp3) is 0.250. The lowest BCUT2D eigenvalue weighted by Crippen LogP contribution is -2.11. The molecule has 0 bridgehead atoms. The van der Waals surface area contributed by atoms with Crippen LogP contribution in [0.5, 0.6) is 0 Å². The Morgan fingerprint density at radius 1 is 1.00 bits per heavy atom. The summed E-state index contributed by atoms with van der Waals surface area (Å²) >= 11 is 0. The van der Waals surface area contributed by atoms with Gasteiger partial charge in [0.15, 0.2) is 0 Å². The van der Waals surface area contributed by atoms with Crippen molar-refractivity contribution in [3.8, 4) is 0 Å². The van der Waals surface area contributed by atoms with Crippen LogP contribution in [-0.4, -0.2) is 0 Å². The van der Waals surface area contributed by atoms with Crippen molar-refractivity contribution in [1.29, 1.82) is 0 Å². The maximum atomic E-state index is 6.24. The molecule has 2 aromatic carbocycles. The number of hydrogen-bond acceptors (Lipinski definition) is 2. The molecule has 1 unspecified atom stereocenters. The summed E-state index contributed by atoms with van der Waals surface area (Å²) in [6.45, 7) is 0. The van der Waals surface area contributed by atoms with Gasteiger partial charge in [0.25, 0.3) is 0 Å². The third-order valence-corrected chi connectivity index (χ3v) is 3.92. The van der Waals surface area contributed by atoms with Crippen LogP contribution in [0.25, 0.3) is 21.9 Å². The summed E-state index contributed by atoms with van der Waals surface area (Å²) in [6, 6.07) is 14.7. The van der Waals surface area contributed by atoms with Crippen LogP contribution in [0.1, 0.15) is 24.4 Å². The highest BCUT2D eigenvalue weighted by atomic mass is 16.3. The summed E-state index contributed by atoms with van der Waals surface area (Å²) in [5.41, 5.74) is 9.34. The number of hydrogen-bond donors (Lipinski definition) is 1. The van der Waals surface area contributed by atoms with Gasteiger partial charge in [-0.05, 0) is 36.5 Å². The molecule has 1 heterocycles. The average Bonchev–Trinajstić information content (AvgIpc) is 3.18. The molecule has 0 amide bonds. The van der Waals surface area contributed by atoms with Crippen LogP contribution in [-0.2, 0) is 0 Å². The Hall–Kier alpha value is -1.80. The average molecular weight is 237 g/mol. The largest absolute Gasteiger partial charge is 0.456 e. The van der Waals surface area contributed by atoms with Crippen molar-refractivity contribution in [2.45, 2.75) is 18.9 Å². The van der Waals surface area contributed by atoms with Crippen LogP contribution in [0.3, 0.4) is 0 Å². The maximum Gasteiger partial charge on any atom is 0.135 e. The van der Waals surface area contributed by atoms with E-state index in [1.165, 1.54) is 29.2 Å². The number of furan rings is 1. The molecule has 0 saturated heterocycles. The Bertz CT molecular complexity index is 724. The molecule has 0 aliphatic heterocycles. The van der Waals surface area contributed by atoms with Crippen molar-refractivity contribution >= 4 is 21.9 Å². The Balaban J connectivity index is 1.91. The predicted octanol–water partition coefficient (Wildman–Crippen LogP) is 4.00. The van der Waals surface area contributed by atoms with Gasteiger partial charge >= 0.3 is 0 Å². The minimum atomic E-state index is 0.169. The highest BCUT2D eigenvalue weighted by Crippen LogP contribution is 2.40. The minimum absolute atomic E-state index is 0.169. The van der Waals surface area contributed by atoms with Gasteiger partial charge in [-0.2, -0.15) is 0 Å². The summed E-state index contributed by atoms with van der Waals surface area (Å²) in [4.78, 5) is 0. The number of fused-ring (bicyclic) bond motifs is 3. The van der Waals surface area contributed by atoms with Crippen molar-refractivity contribution in [3.63, 3.8) is 0 Å². The smallest absolute Gasteiger partial charge is 0.135 e. The third-order valence-electron chi connectivity index (χ3n) is 3.92. The van der Waals surface area contributed by atoms with E-state index in [0.29, 0.717) is 5.92 Å². The van der Waals surface area contributed by atoms with Crippen molar-refractivity contribution in [1.82, 2.24) is 0 Å². The van der Waals surface area contributed by atoms with Crippen LogP contribution >= 0.6 is 0 Å². The zero-order valence-electron chi connectivity index (χ0n) is 10.1. The van der Waals surface area contributed by atoms with Crippen LogP contribution < -0.4 is 5.73 Å². The van der Waals surface area contributed by atoms with E-state index >= 15 is 0 Å². The van der Waals surface area contributed by atoms with E-state index in [1.54, 1.807) is 0 Å². The third kappa shape index (κ3) is 1.46. The molecule has 90 valence electrons. The lowest BCUT2D eigenvalue weighted by atomic mass is 10.0. The van der Waals surface area contributed by atoms with Gasteiger partial charge in [-0.1, -0.05) is 30.3 Å². The van der Waals surface area contributed by atoms with Crippen molar-refractivity contribution in [2.75, 3.05) is 0 Å². The van der Waals surface area contributed by atoms with Crippen molar-refractivity contribution < 1.29 is 4.42 Å². The summed E-state index contributed by atoms with van der Waals surface area (Å²) in [7, 11) is 0. The van der Waals surface area contributed by atoms with Gasteiger partial charge in [-0.3, -0.25) is 0 Å². The zero-order valence-corrected chi connectivity index (χ0v) is 10.1. The number of para-hydroxylation sites is 1. The van der Waals surface area contributed by atoms with E-state index < -0.39 is 0 Å². The Morgan fingerprint density at radius 3 is 2.61 bits per heavy atom. The molecule has 1 aliphatic rings. The van der Waals surface area contributed by atoms with Crippen LogP contribution in [0, 0.1) is 5.92 Å². The van der Waals surface area contributed by atoms with Crippen LogP contribution in [0.15, 0.2) is 46.9 Å². The normalized spacial score (nSPS) is 17.4. The minimum Gasteiger partial charge on any atom is -0.456 e. The van der Waals surface area contributed by atoms with Crippen molar-refractivity contribution in [2.24, 2.45) is 11.7 Å². The standard InChI is InChI=1S/C16H15NO/c17-16(10-5-6-10)11-7-8-13-12-3-1-2-4-14(12)18-15(13)9-11/h1-4,7-10,16H,5-6,17H2. The van der Waals surface area contributed by atoms with E-state index in [9.17, 15) is 0 Å². The molecule has 2 nitrogen and oxygen atoms in total. The van der Waals surface area contributed by atoms with Crippen LogP contribution in [0.2, 0.25) is 0 Å². The molecule has 0 radical (unpaired) electrons. The van der Waals surface area contributed by atoms with E-state index in [4.69, 9.17) is 10.2 Å². The van der Waals surface area contributed by atoms with Gasteiger partial charge in [0.2, 0.25) is 0 Å². The lowest BCUT2D eigenvalue weighted by molar-refractivity contribution is 0.628. The fourth-order valence-corrected chi connectivity index (χ4v) is 2.68. The van der Waals surface area contributed by atoms with E-state index in [0.717, 1.165) is 11.2 Å². The first-order chi connectivity index (χ1) is 8.83. The van der Waals surface area contributed by atoms with E-state index in [1.807, 2.05) is 18.2 Å². The van der Waals surface area contributed by atoms with Gasteiger partial charge in [-0.15, -0.1) is 0 Å². The monoisotopic (exact) mass is 237 g/mol. The molecule has 4 rings (SSSR count). The summed E-state index contributed by atoms with van der Waals surface area (Å²) in [5.74, 6) is 0.673. The second-order valence-corrected chi connectivity index (χ2v) is 5.22. The number of nitrogens with two attached hydrogens (primary N) is 1. The first-order valence-electron chi connectivity index (χ1n) is 6.50. The van der Waals surface area contributed by atoms with Crippen LogP contribution in [0.4, 0.5) is 0 Å². The Morgan fingerprint density at radius 2 is 1.78 bits per heavy atom. The summed E-state index contributed by atoms with van der Waals surface area (Å²) in [5, 5.41) is 2.36. The highest BCUT2D eigenvalue weighted by Gasteiger charge is 2.29. The van der Waals surface area contributed by atoms with Crippen molar-refractivity contribution in [3.05, 3.63) is 48.0 Å². The molecular weight excluding hydrogens is 222 g/mol. The Kier molecular flexibility index (Phi) is 2.03. The van der Waals surface area contributed by atoms with Gasteiger partial charge < -0.3 is 10.2 Å². The fourth-order valence-electron chi connectivity index (χ4n) is 2.68. The maximum absolute atomic E-state index is 6.24. The first-order valence-corrected chi connectivity index (χ1v) is 6.50. The molecule has 3 aromatic rings. The molecule has 0 spiro atoms. The quantitative estimate of drug-likeness (QED) is 0.731. The zero-order chi connectivity index (χ0) is 12.1. The van der Waals surface area contributed by atoms with Gasteiger partial charge in [0, 0.05) is 16.8 Å². The van der Waals surface area contributed by atoms with Gasteiger partial charge in [0.1, 0.15) is 11.2 Å². The van der Waals surface area contributed by atoms with E-state index in [2.05, 4.69) is 24.3 Å². The molecule has 2 heteroatoms. The van der Waals surface area contributed by atoms with E-state index in [-0.39, 0.29) is 6.04 Å². The lowest BCUT2D eigenvalue weighted by Gasteiger charge is -2.09. The molecular formula is C16H15NO. The van der Waals surface area contributed by atoms with Gasteiger partial charge in [0.05, 0.1) is 0 Å². The molecule has 1 fully saturated rings. The highest BCUT2D eigenvalue weighted by molar-refractivity contribution is 6.04.